The molecule has 3 aromatic rings. The molecular formula is C21H29N5O2S+2. The Bertz CT molecular complexity index is 1050. The maximum Gasteiger partial charge on any atom is 0.275 e. The molecule has 0 atom stereocenters. The molecule has 4 rings (SSSR count). The Morgan fingerprint density at radius 1 is 1.14 bits per heavy atom. The van der Waals surface area contributed by atoms with E-state index in [2.05, 4.69) is 30.2 Å². The van der Waals surface area contributed by atoms with E-state index in [0.29, 0.717) is 4.96 Å². The van der Waals surface area contributed by atoms with E-state index in [1.54, 1.807) is 18.1 Å². The normalized spacial score (nSPS) is 19.6. The number of hydrogen-bond acceptors (Lipinski definition) is 5. The predicted octanol–water partition coefficient (Wildman–Crippen LogP) is -0.486. The van der Waals surface area contributed by atoms with Gasteiger partial charge >= 0.3 is 0 Å². The minimum Gasteiger partial charge on any atom is -0.496 e. The van der Waals surface area contributed by atoms with Crippen molar-refractivity contribution in [3.05, 3.63) is 56.4 Å². The van der Waals surface area contributed by atoms with Gasteiger partial charge in [0.05, 0.1) is 7.11 Å². The number of aryl methyl sites for hydroxylation is 2. The number of nitrogens with zero attached hydrogens (tertiary/aromatic N) is 3. The third-order valence-corrected chi connectivity index (χ3v) is 6.67. The molecule has 0 saturated carbocycles. The van der Waals surface area contributed by atoms with Crippen molar-refractivity contribution < 1.29 is 14.5 Å². The van der Waals surface area contributed by atoms with E-state index in [0.717, 1.165) is 62.1 Å². The highest BCUT2D eigenvalue weighted by molar-refractivity contribution is 7.16. The first kappa shape index (κ1) is 20.0. The minimum absolute atomic E-state index is 0.0730. The van der Waals surface area contributed by atoms with Gasteiger partial charge in [0, 0.05) is 11.6 Å². The maximum atomic E-state index is 12.4. The van der Waals surface area contributed by atoms with Gasteiger partial charge in [-0.05, 0) is 25.5 Å². The smallest absolute Gasteiger partial charge is 0.275 e. The first-order valence-electron chi connectivity index (χ1n) is 10.2. The molecule has 2 aromatic heterocycles. The van der Waals surface area contributed by atoms with Gasteiger partial charge in [-0.2, -0.15) is 9.61 Å². The van der Waals surface area contributed by atoms with Gasteiger partial charge in [-0.3, -0.25) is 4.79 Å². The van der Waals surface area contributed by atoms with Crippen molar-refractivity contribution in [1.82, 2.24) is 14.6 Å². The summed E-state index contributed by atoms with van der Waals surface area (Å²) in [6, 6.07) is 8.04. The second-order valence-corrected chi connectivity index (χ2v) is 8.84. The van der Waals surface area contributed by atoms with Crippen molar-refractivity contribution in [3.63, 3.8) is 0 Å². The van der Waals surface area contributed by atoms with Crippen LogP contribution < -0.4 is 20.1 Å². The van der Waals surface area contributed by atoms with E-state index < -0.39 is 0 Å². The summed E-state index contributed by atoms with van der Waals surface area (Å²) in [6.45, 7) is 10.3. The molecule has 0 amide bonds. The van der Waals surface area contributed by atoms with Crippen LogP contribution >= 0.6 is 11.3 Å². The van der Waals surface area contributed by atoms with Crippen LogP contribution in [0.4, 0.5) is 0 Å². The van der Waals surface area contributed by atoms with E-state index in [1.165, 1.54) is 31.9 Å². The molecule has 0 unspecified atom stereocenters. The molecule has 1 aliphatic heterocycles. The molecule has 29 heavy (non-hydrogen) atoms. The van der Waals surface area contributed by atoms with Crippen LogP contribution in [0.2, 0.25) is 0 Å². The van der Waals surface area contributed by atoms with Gasteiger partial charge in [0.15, 0.2) is 0 Å². The van der Waals surface area contributed by atoms with Crippen LogP contribution in [0.3, 0.4) is 0 Å². The second kappa shape index (κ2) is 8.61. The molecule has 0 radical (unpaired) electrons. The summed E-state index contributed by atoms with van der Waals surface area (Å²) in [6.07, 6.45) is 0.824. The number of hydrogen-bond donors (Lipinski definition) is 2. The standard InChI is InChI=1S/C21H27N5O2S/c1-4-19-23-26-20(27)12-17(22-21(26)29-19)14-25-9-7-24(8-10-25)13-16-11-15(2)5-6-18(16)28-3/h5-6,11-12H,4,7-10,13-14H2,1-3H3/p+2. The van der Waals surface area contributed by atoms with Crippen LogP contribution in [0.15, 0.2) is 29.1 Å². The summed E-state index contributed by atoms with van der Waals surface area (Å²) in [5, 5.41) is 5.28. The van der Waals surface area contributed by atoms with Crippen molar-refractivity contribution in [2.24, 2.45) is 0 Å². The Morgan fingerprint density at radius 2 is 1.86 bits per heavy atom. The number of nitrogens with one attached hydrogen (secondary N) is 2. The molecule has 0 bridgehead atoms. The molecule has 1 aliphatic rings. The van der Waals surface area contributed by atoms with Crippen LogP contribution in [0.5, 0.6) is 5.75 Å². The quantitative estimate of drug-likeness (QED) is 0.571. The largest absolute Gasteiger partial charge is 0.496 e. The average Bonchev–Trinajstić information content (AvgIpc) is 3.14. The molecule has 3 heterocycles. The van der Waals surface area contributed by atoms with Gasteiger partial charge in [-0.25, -0.2) is 4.98 Å². The van der Waals surface area contributed by atoms with Gasteiger partial charge < -0.3 is 14.5 Å². The number of aromatic nitrogens is 3. The first-order chi connectivity index (χ1) is 14.1. The maximum absolute atomic E-state index is 12.4. The third kappa shape index (κ3) is 4.49. The lowest BCUT2D eigenvalue weighted by Crippen LogP contribution is -3.27. The van der Waals surface area contributed by atoms with Crippen LogP contribution in [0.1, 0.15) is 28.8 Å². The molecular weight excluding hydrogens is 386 g/mol. The Morgan fingerprint density at radius 3 is 2.55 bits per heavy atom. The van der Waals surface area contributed by atoms with Crippen molar-refractivity contribution in [2.45, 2.75) is 33.4 Å². The molecule has 0 aliphatic carbocycles. The Kier molecular flexibility index (Phi) is 5.94. The fourth-order valence-corrected chi connectivity index (χ4v) is 4.87. The fourth-order valence-electron chi connectivity index (χ4n) is 4.01. The van der Waals surface area contributed by atoms with Crippen molar-refractivity contribution >= 4 is 16.3 Å². The van der Waals surface area contributed by atoms with E-state index in [-0.39, 0.29) is 5.56 Å². The zero-order valence-corrected chi connectivity index (χ0v) is 18.1. The lowest BCUT2D eigenvalue weighted by molar-refractivity contribution is -1.02. The number of quaternary nitrogens is 2. The molecule has 0 spiro atoms. The van der Waals surface area contributed by atoms with Crippen LogP contribution in [-0.4, -0.2) is 47.9 Å². The van der Waals surface area contributed by atoms with Gasteiger partial charge in [0.2, 0.25) is 4.96 Å². The molecule has 1 saturated heterocycles. The van der Waals surface area contributed by atoms with Crippen LogP contribution in [-0.2, 0) is 19.5 Å². The van der Waals surface area contributed by atoms with E-state index >= 15 is 0 Å². The Labute approximate surface area is 174 Å². The topological polar surface area (TPSA) is 65.4 Å². The van der Waals surface area contributed by atoms with Crippen molar-refractivity contribution in [3.8, 4) is 5.75 Å². The summed E-state index contributed by atoms with van der Waals surface area (Å²) in [4.78, 5) is 20.8. The van der Waals surface area contributed by atoms with Crippen LogP contribution in [0.25, 0.3) is 4.96 Å². The molecule has 1 aromatic carbocycles. The zero-order valence-electron chi connectivity index (χ0n) is 17.3. The Balaban J connectivity index is 1.38. The summed E-state index contributed by atoms with van der Waals surface area (Å²) in [5.74, 6) is 0.979. The van der Waals surface area contributed by atoms with E-state index in [4.69, 9.17) is 9.72 Å². The summed E-state index contributed by atoms with van der Waals surface area (Å²) >= 11 is 1.51. The lowest BCUT2D eigenvalue weighted by Gasteiger charge is -2.29. The van der Waals surface area contributed by atoms with Gasteiger partial charge in [-0.1, -0.05) is 29.9 Å². The molecule has 2 N–H and O–H groups in total. The average molecular weight is 416 g/mol. The van der Waals surface area contributed by atoms with E-state index in [9.17, 15) is 4.79 Å². The number of fused-ring (bicyclic) bond motifs is 1. The predicted molar refractivity (Wildman–Crippen MR) is 113 cm³/mol. The lowest BCUT2D eigenvalue weighted by atomic mass is 10.1. The van der Waals surface area contributed by atoms with Crippen molar-refractivity contribution in [1.29, 1.82) is 0 Å². The third-order valence-electron chi connectivity index (χ3n) is 5.61. The highest BCUT2D eigenvalue weighted by Gasteiger charge is 2.25. The SMILES string of the molecule is CCc1nn2c(=O)cc(C[NH+]3CC[NH+](Cc4cc(C)ccc4OC)CC3)nc2s1. The molecule has 1 fully saturated rings. The van der Waals surface area contributed by atoms with E-state index in [1.807, 2.05) is 6.92 Å². The minimum atomic E-state index is -0.0730. The fraction of sp³-hybridized carbons (Fsp3) is 0.476. The molecule has 154 valence electrons. The molecule has 7 nitrogen and oxygen atoms in total. The highest BCUT2D eigenvalue weighted by Crippen LogP contribution is 2.18. The van der Waals surface area contributed by atoms with Crippen molar-refractivity contribution in [2.75, 3.05) is 33.3 Å². The summed E-state index contributed by atoms with van der Waals surface area (Å²) in [5.41, 5.74) is 3.35. The number of methoxy groups -OCH3 is 1. The Hall–Kier alpha value is -2.29. The van der Waals surface area contributed by atoms with Gasteiger partial charge in [-0.15, -0.1) is 0 Å². The zero-order chi connectivity index (χ0) is 20.4. The second-order valence-electron chi connectivity index (χ2n) is 7.80. The number of piperazine rings is 1. The van der Waals surface area contributed by atoms with Crippen LogP contribution in [0, 0.1) is 6.92 Å². The van der Waals surface area contributed by atoms with Gasteiger partial charge in [0.25, 0.3) is 5.56 Å². The summed E-state index contributed by atoms with van der Waals surface area (Å²) in [7, 11) is 1.74. The molecule has 8 heteroatoms. The first-order valence-corrected chi connectivity index (χ1v) is 11.1. The number of ether oxygens (including phenoxy) is 1. The monoisotopic (exact) mass is 415 g/mol. The summed E-state index contributed by atoms with van der Waals surface area (Å²) < 4.78 is 6.97. The number of rotatable bonds is 6. The highest BCUT2D eigenvalue weighted by atomic mass is 32.1. The number of benzene rings is 1. The van der Waals surface area contributed by atoms with Gasteiger partial charge in [0.1, 0.15) is 55.7 Å².